The van der Waals surface area contributed by atoms with Crippen LogP contribution in [0.2, 0.25) is 10.0 Å². The first-order valence-electron chi connectivity index (χ1n) is 4.57. The topological polar surface area (TPSA) is 68.4 Å². The Bertz CT molecular complexity index is 437. The van der Waals surface area contributed by atoms with E-state index < -0.39 is 0 Å². The number of oxime groups is 2. The van der Waals surface area contributed by atoms with Crippen LogP contribution >= 0.6 is 23.2 Å². The fraction of sp³-hybridized carbons (Fsp3) is 0.200. The highest BCUT2D eigenvalue weighted by Gasteiger charge is 2.15. The lowest BCUT2D eigenvalue weighted by molar-refractivity contribution is 0.322. The Morgan fingerprint density at radius 2 is 1.47 bits per heavy atom. The highest BCUT2D eigenvalue weighted by atomic mass is 35.5. The Hall–Kier alpha value is -1.46. The van der Waals surface area contributed by atoms with Gasteiger partial charge in [-0.05, 0) is 6.07 Å². The predicted molar refractivity (Wildman–Crippen MR) is 69.5 cm³/mol. The first-order chi connectivity index (χ1) is 8.02. The molecular formula is C10H11Cl2N3O2. The molecule has 0 amide bonds. The van der Waals surface area contributed by atoms with Gasteiger partial charge in [0, 0.05) is 25.2 Å². The maximum absolute atomic E-state index is 8.54. The van der Waals surface area contributed by atoms with Crippen LogP contribution in [0.15, 0.2) is 16.4 Å². The number of rotatable bonds is 3. The minimum atomic E-state index is 0.355. The van der Waals surface area contributed by atoms with Gasteiger partial charge in [-0.15, -0.1) is 0 Å². The van der Waals surface area contributed by atoms with Crippen LogP contribution in [0.1, 0.15) is 11.1 Å². The van der Waals surface area contributed by atoms with Crippen molar-refractivity contribution in [2.45, 2.75) is 0 Å². The number of hydrogen-bond donors (Lipinski definition) is 2. The molecule has 7 heteroatoms. The average Bonchev–Trinajstić information content (AvgIpc) is 2.25. The van der Waals surface area contributed by atoms with Crippen LogP contribution in [0, 0.1) is 0 Å². The van der Waals surface area contributed by atoms with Gasteiger partial charge < -0.3 is 15.3 Å². The number of hydrogen-bond acceptors (Lipinski definition) is 5. The molecule has 0 aliphatic heterocycles. The molecule has 0 atom stereocenters. The van der Waals surface area contributed by atoms with E-state index in [1.54, 1.807) is 25.1 Å². The number of nitrogens with zero attached hydrogens (tertiary/aromatic N) is 3. The fourth-order valence-electron chi connectivity index (χ4n) is 1.37. The third kappa shape index (κ3) is 2.81. The highest BCUT2D eigenvalue weighted by Crippen LogP contribution is 2.36. The molecule has 1 aromatic rings. The summed E-state index contributed by atoms with van der Waals surface area (Å²) in [7, 11) is 3.54. The molecule has 0 bridgehead atoms. The van der Waals surface area contributed by atoms with E-state index in [0.717, 1.165) is 0 Å². The van der Waals surface area contributed by atoms with Crippen LogP contribution in [0.5, 0.6) is 0 Å². The van der Waals surface area contributed by atoms with Crippen molar-refractivity contribution in [1.29, 1.82) is 0 Å². The van der Waals surface area contributed by atoms with Crippen molar-refractivity contribution in [1.82, 2.24) is 0 Å². The molecule has 0 aliphatic carbocycles. The predicted octanol–water partition coefficient (Wildman–Crippen LogP) is 2.68. The molecule has 0 saturated carbocycles. The molecule has 0 saturated heterocycles. The van der Waals surface area contributed by atoms with Gasteiger partial charge in [-0.2, -0.15) is 0 Å². The van der Waals surface area contributed by atoms with Crippen molar-refractivity contribution in [2.24, 2.45) is 10.3 Å². The standard InChI is InChI=1S/C10H11Cl2N3O2/c1-15(2)10-8(11)6(4-13-16)3-7(5-14-17)9(10)12/h3-5,16-17H,1-2H3/b13-4-,14-5-. The van der Waals surface area contributed by atoms with Crippen LogP contribution in [0.25, 0.3) is 0 Å². The molecular weight excluding hydrogens is 265 g/mol. The molecule has 0 fully saturated rings. The van der Waals surface area contributed by atoms with Crippen molar-refractivity contribution in [2.75, 3.05) is 19.0 Å². The van der Waals surface area contributed by atoms with Gasteiger partial charge >= 0.3 is 0 Å². The lowest BCUT2D eigenvalue weighted by Crippen LogP contribution is -2.12. The van der Waals surface area contributed by atoms with Crippen LogP contribution in [0.3, 0.4) is 0 Å². The van der Waals surface area contributed by atoms with Crippen molar-refractivity contribution in [3.05, 3.63) is 27.2 Å². The summed E-state index contributed by atoms with van der Waals surface area (Å²) >= 11 is 12.2. The van der Waals surface area contributed by atoms with Crippen molar-refractivity contribution < 1.29 is 10.4 Å². The first-order valence-corrected chi connectivity index (χ1v) is 5.32. The van der Waals surface area contributed by atoms with Gasteiger partial charge in [-0.1, -0.05) is 33.5 Å². The maximum Gasteiger partial charge on any atom is 0.0753 e. The molecule has 1 aromatic carbocycles. The van der Waals surface area contributed by atoms with Crippen LogP contribution in [0.4, 0.5) is 5.69 Å². The van der Waals surface area contributed by atoms with E-state index in [-0.39, 0.29) is 0 Å². The Labute approximate surface area is 109 Å². The zero-order valence-electron chi connectivity index (χ0n) is 9.22. The Morgan fingerprint density at radius 3 is 1.76 bits per heavy atom. The first kappa shape index (κ1) is 13.6. The van der Waals surface area contributed by atoms with Crippen LogP contribution in [-0.4, -0.2) is 36.9 Å². The molecule has 0 spiro atoms. The largest absolute Gasteiger partial charge is 0.411 e. The second-order valence-electron chi connectivity index (χ2n) is 3.42. The molecule has 0 aliphatic rings. The Morgan fingerprint density at radius 1 is 1.06 bits per heavy atom. The summed E-state index contributed by atoms with van der Waals surface area (Å²) in [5, 5.41) is 23.6. The normalized spacial score (nSPS) is 11.5. The van der Waals surface area contributed by atoms with E-state index >= 15 is 0 Å². The van der Waals surface area contributed by atoms with E-state index in [1.165, 1.54) is 12.4 Å². The van der Waals surface area contributed by atoms with E-state index in [9.17, 15) is 0 Å². The molecule has 2 N–H and O–H groups in total. The van der Waals surface area contributed by atoms with Gasteiger partial charge in [0.05, 0.1) is 28.2 Å². The summed E-state index contributed by atoms with van der Waals surface area (Å²) in [6, 6.07) is 1.55. The second-order valence-corrected chi connectivity index (χ2v) is 4.17. The smallest absolute Gasteiger partial charge is 0.0753 e. The average molecular weight is 276 g/mol. The monoisotopic (exact) mass is 275 g/mol. The molecule has 1 rings (SSSR count). The molecule has 0 unspecified atom stereocenters. The second kappa shape index (κ2) is 5.75. The van der Waals surface area contributed by atoms with Crippen molar-refractivity contribution in [3.63, 3.8) is 0 Å². The van der Waals surface area contributed by atoms with Gasteiger partial charge in [0.1, 0.15) is 0 Å². The summed E-state index contributed by atoms with van der Waals surface area (Å²) in [4.78, 5) is 1.72. The Kier molecular flexibility index (Phi) is 4.60. The summed E-state index contributed by atoms with van der Waals surface area (Å²) in [5.41, 5.74) is 1.50. The lowest BCUT2D eigenvalue weighted by Gasteiger charge is -2.19. The molecule has 17 heavy (non-hydrogen) atoms. The number of halogens is 2. The maximum atomic E-state index is 8.54. The van der Waals surface area contributed by atoms with Crippen molar-refractivity contribution >= 4 is 41.3 Å². The van der Waals surface area contributed by atoms with Gasteiger partial charge in [-0.25, -0.2) is 0 Å². The molecule has 5 nitrogen and oxygen atoms in total. The van der Waals surface area contributed by atoms with Gasteiger partial charge in [-0.3, -0.25) is 0 Å². The highest BCUT2D eigenvalue weighted by molar-refractivity contribution is 6.42. The van der Waals surface area contributed by atoms with Gasteiger partial charge in [0.15, 0.2) is 0 Å². The number of benzene rings is 1. The van der Waals surface area contributed by atoms with Gasteiger partial charge in [0.25, 0.3) is 0 Å². The van der Waals surface area contributed by atoms with E-state index in [2.05, 4.69) is 10.3 Å². The summed E-state index contributed by atoms with van der Waals surface area (Å²) in [6.07, 6.45) is 2.36. The molecule has 0 heterocycles. The van der Waals surface area contributed by atoms with Crippen LogP contribution in [-0.2, 0) is 0 Å². The van der Waals surface area contributed by atoms with Crippen LogP contribution < -0.4 is 4.90 Å². The lowest BCUT2D eigenvalue weighted by atomic mass is 10.1. The zero-order valence-corrected chi connectivity index (χ0v) is 10.7. The third-order valence-electron chi connectivity index (χ3n) is 2.07. The zero-order chi connectivity index (χ0) is 13.0. The SMILES string of the molecule is CN(C)c1c(Cl)c(/C=N\O)cc(/C=N\O)c1Cl. The Balaban J connectivity index is 3.57. The quantitative estimate of drug-likeness (QED) is 0.506. The number of anilines is 1. The van der Waals surface area contributed by atoms with E-state index in [4.69, 9.17) is 33.6 Å². The van der Waals surface area contributed by atoms with E-state index in [0.29, 0.717) is 26.9 Å². The summed E-state index contributed by atoms with van der Waals surface area (Å²) in [6.45, 7) is 0. The molecule has 0 aromatic heterocycles. The van der Waals surface area contributed by atoms with Gasteiger partial charge in [0.2, 0.25) is 0 Å². The fourth-order valence-corrected chi connectivity index (χ4v) is 2.15. The van der Waals surface area contributed by atoms with E-state index in [1.807, 2.05) is 0 Å². The van der Waals surface area contributed by atoms with Crippen molar-refractivity contribution in [3.8, 4) is 0 Å². The minimum absolute atomic E-state index is 0.355. The third-order valence-corrected chi connectivity index (χ3v) is 2.87. The molecule has 92 valence electrons. The summed E-state index contributed by atoms with van der Waals surface area (Å²) in [5.74, 6) is 0. The minimum Gasteiger partial charge on any atom is -0.411 e. The summed E-state index contributed by atoms with van der Waals surface area (Å²) < 4.78 is 0. The molecule has 0 radical (unpaired) electrons.